The van der Waals surface area contributed by atoms with E-state index in [4.69, 9.17) is 5.73 Å². The number of rotatable bonds is 2. The summed E-state index contributed by atoms with van der Waals surface area (Å²) in [4.78, 5) is 6.63. The van der Waals surface area contributed by atoms with Crippen molar-refractivity contribution in [3.63, 3.8) is 0 Å². The summed E-state index contributed by atoms with van der Waals surface area (Å²) in [6.07, 6.45) is 3.87. The van der Waals surface area contributed by atoms with E-state index in [0.717, 1.165) is 37.0 Å². The zero-order valence-electron chi connectivity index (χ0n) is 8.70. The Morgan fingerprint density at radius 2 is 2.31 bits per heavy atom. The second-order valence-electron chi connectivity index (χ2n) is 3.78. The molecule has 1 aliphatic rings. The summed E-state index contributed by atoms with van der Waals surface area (Å²) in [7, 11) is 0. The first-order valence-electron chi connectivity index (χ1n) is 5.11. The monoisotopic (exact) mass is 236 g/mol. The van der Waals surface area contributed by atoms with Gasteiger partial charge >= 0.3 is 0 Å². The van der Waals surface area contributed by atoms with Gasteiger partial charge in [-0.25, -0.2) is 4.98 Å². The summed E-state index contributed by atoms with van der Waals surface area (Å²) >= 11 is 1.45. The van der Waals surface area contributed by atoms with Crippen molar-refractivity contribution in [2.24, 2.45) is 0 Å². The summed E-state index contributed by atoms with van der Waals surface area (Å²) in [6, 6.07) is 0. The molecule has 7 heteroatoms. The van der Waals surface area contributed by atoms with E-state index in [1.165, 1.54) is 11.3 Å². The number of hydrogen-bond acceptors (Lipinski definition) is 6. The lowest BCUT2D eigenvalue weighted by atomic mass is 10.3. The molecule has 0 unspecified atom stereocenters. The van der Waals surface area contributed by atoms with E-state index < -0.39 is 0 Å². The predicted molar refractivity (Wildman–Crippen MR) is 60.7 cm³/mol. The fraction of sp³-hybridized carbons (Fsp3) is 0.444. The molecule has 0 saturated carbocycles. The normalized spacial score (nSPS) is 16.2. The quantitative estimate of drug-likeness (QED) is 0.813. The van der Waals surface area contributed by atoms with Crippen LogP contribution in [0.4, 0.5) is 5.13 Å². The molecule has 0 atom stereocenters. The van der Waals surface area contributed by atoms with Crippen molar-refractivity contribution in [3.05, 3.63) is 23.2 Å². The highest BCUT2D eigenvalue weighted by molar-refractivity contribution is 7.15. The van der Waals surface area contributed by atoms with E-state index in [0.29, 0.717) is 5.13 Å². The average molecular weight is 236 g/mol. The first-order chi connectivity index (χ1) is 7.81. The third-order valence-electron chi connectivity index (χ3n) is 2.67. The van der Waals surface area contributed by atoms with E-state index in [2.05, 4.69) is 24.6 Å². The average Bonchev–Trinajstić information content (AvgIpc) is 2.87. The third-order valence-corrected chi connectivity index (χ3v) is 3.40. The van der Waals surface area contributed by atoms with E-state index in [1.54, 1.807) is 0 Å². The molecule has 3 rings (SSSR count). The number of aromatic nitrogens is 4. The molecule has 2 aromatic heterocycles. The van der Waals surface area contributed by atoms with Gasteiger partial charge in [0.05, 0.1) is 13.1 Å². The van der Waals surface area contributed by atoms with Gasteiger partial charge in [0.1, 0.15) is 10.8 Å². The number of nitrogens with zero attached hydrogens (tertiary/aromatic N) is 5. The number of fused-ring (bicyclic) bond motifs is 1. The van der Waals surface area contributed by atoms with Crippen molar-refractivity contribution in [1.82, 2.24) is 24.6 Å². The van der Waals surface area contributed by atoms with Gasteiger partial charge in [-0.05, 0) is 0 Å². The minimum Gasteiger partial charge on any atom is -0.374 e. The van der Waals surface area contributed by atoms with Crippen molar-refractivity contribution < 1.29 is 0 Å². The Morgan fingerprint density at radius 1 is 1.38 bits per heavy atom. The molecule has 2 N–H and O–H groups in total. The summed E-state index contributed by atoms with van der Waals surface area (Å²) < 4.78 is 2.19. The smallest absolute Gasteiger partial charge is 0.203 e. The van der Waals surface area contributed by atoms with Crippen LogP contribution in [0.15, 0.2) is 12.4 Å². The molecule has 0 bridgehead atoms. The van der Waals surface area contributed by atoms with Crippen LogP contribution in [0.2, 0.25) is 0 Å². The third kappa shape index (κ3) is 1.79. The van der Waals surface area contributed by atoms with Crippen molar-refractivity contribution in [2.45, 2.75) is 19.6 Å². The molecular weight excluding hydrogens is 224 g/mol. The van der Waals surface area contributed by atoms with Gasteiger partial charge in [0.2, 0.25) is 5.13 Å². The Morgan fingerprint density at radius 3 is 3.12 bits per heavy atom. The van der Waals surface area contributed by atoms with Crippen LogP contribution in [0.5, 0.6) is 0 Å². The van der Waals surface area contributed by atoms with Gasteiger partial charge in [-0.3, -0.25) is 4.90 Å². The fourth-order valence-corrected chi connectivity index (χ4v) is 2.53. The summed E-state index contributed by atoms with van der Waals surface area (Å²) in [5.74, 6) is 1.11. The molecule has 6 nitrogen and oxygen atoms in total. The Bertz CT molecular complexity index is 490. The van der Waals surface area contributed by atoms with Gasteiger partial charge in [-0.2, -0.15) is 0 Å². The molecule has 0 fully saturated rings. The minimum atomic E-state index is 0.536. The number of hydrogen-bond donors (Lipinski definition) is 1. The van der Waals surface area contributed by atoms with E-state index in [9.17, 15) is 0 Å². The minimum absolute atomic E-state index is 0.536. The molecule has 0 aromatic carbocycles. The first kappa shape index (κ1) is 9.73. The molecule has 16 heavy (non-hydrogen) atoms. The molecule has 1 aliphatic heterocycles. The number of nitrogens with two attached hydrogens (primary N) is 1. The van der Waals surface area contributed by atoms with Crippen molar-refractivity contribution in [3.8, 4) is 0 Å². The van der Waals surface area contributed by atoms with Crippen LogP contribution in [0.25, 0.3) is 0 Å². The fourth-order valence-electron chi connectivity index (χ4n) is 1.88. The van der Waals surface area contributed by atoms with Gasteiger partial charge in [0.15, 0.2) is 0 Å². The lowest BCUT2D eigenvalue weighted by molar-refractivity contribution is 0.208. The van der Waals surface area contributed by atoms with Crippen LogP contribution in [0.3, 0.4) is 0 Å². The number of nitrogen functional groups attached to an aromatic ring is 1. The summed E-state index contributed by atoms with van der Waals surface area (Å²) in [5.41, 5.74) is 5.55. The summed E-state index contributed by atoms with van der Waals surface area (Å²) in [6.45, 7) is 3.68. The van der Waals surface area contributed by atoms with Gasteiger partial charge in [0.25, 0.3) is 0 Å². The van der Waals surface area contributed by atoms with Crippen LogP contribution in [0, 0.1) is 0 Å². The highest BCUT2D eigenvalue weighted by Gasteiger charge is 2.17. The molecule has 0 radical (unpaired) electrons. The lowest BCUT2D eigenvalue weighted by Gasteiger charge is -2.26. The highest BCUT2D eigenvalue weighted by atomic mass is 32.1. The Labute approximate surface area is 96.7 Å². The Hall–Kier alpha value is -1.47. The van der Waals surface area contributed by atoms with Crippen molar-refractivity contribution >= 4 is 16.5 Å². The largest absolute Gasteiger partial charge is 0.374 e. The Kier molecular flexibility index (Phi) is 2.33. The second kappa shape index (κ2) is 3.84. The van der Waals surface area contributed by atoms with Gasteiger partial charge < -0.3 is 10.3 Å². The molecule has 2 aromatic rings. The maximum absolute atomic E-state index is 5.55. The Balaban J connectivity index is 1.70. The van der Waals surface area contributed by atoms with Crippen LogP contribution in [-0.2, 0) is 19.6 Å². The van der Waals surface area contributed by atoms with Crippen molar-refractivity contribution in [1.29, 1.82) is 0 Å². The predicted octanol–water partition coefficient (Wildman–Crippen LogP) is 0.333. The molecule has 0 saturated heterocycles. The van der Waals surface area contributed by atoms with Crippen LogP contribution < -0.4 is 5.73 Å². The molecule has 0 spiro atoms. The van der Waals surface area contributed by atoms with Gasteiger partial charge in [0, 0.05) is 25.5 Å². The van der Waals surface area contributed by atoms with Crippen molar-refractivity contribution in [2.75, 3.05) is 12.3 Å². The van der Waals surface area contributed by atoms with E-state index in [1.807, 2.05) is 12.4 Å². The molecular formula is C9H12N6S. The molecule has 84 valence electrons. The van der Waals surface area contributed by atoms with Crippen LogP contribution in [0.1, 0.15) is 10.8 Å². The standard InChI is InChI=1S/C9H12N6S/c10-9-13-12-8(16-9)6-14-3-4-15-2-1-11-7(15)5-14/h1-2H,3-6H2,(H2,10,13). The maximum atomic E-state index is 5.55. The zero-order valence-corrected chi connectivity index (χ0v) is 9.52. The van der Waals surface area contributed by atoms with E-state index >= 15 is 0 Å². The lowest BCUT2D eigenvalue weighted by Crippen LogP contribution is -2.33. The SMILES string of the molecule is Nc1nnc(CN2CCn3ccnc3C2)s1. The topological polar surface area (TPSA) is 72.9 Å². The molecule has 0 aliphatic carbocycles. The summed E-state index contributed by atoms with van der Waals surface area (Å²) in [5, 5.41) is 9.35. The van der Waals surface area contributed by atoms with Crippen LogP contribution >= 0.6 is 11.3 Å². The zero-order chi connectivity index (χ0) is 11.0. The highest BCUT2D eigenvalue weighted by Crippen LogP contribution is 2.17. The first-order valence-corrected chi connectivity index (χ1v) is 5.93. The second-order valence-corrected chi connectivity index (χ2v) is 4.88. The van der Waals surface area contributed by atoms with Gasteiger partial charge in [-0.1, -0.05) is 11.3 Å². The number of anilines is 1. The van der Waals surface area contributed by atoms with Crippen LogP contribution in [-0.4, -0.2) is 31.2 Å². The van der Waals surface area contributed by atoms with Gasteiger partial charge in [-0.15, -0.1) is 10.2 Å². The molecule has 0 amide bonds. The molecule has 3 heterocycles. The maximum Gasteiger partial charge on any atom is 0.203 e. The number of imidazole rings is 1. The van der Waals surface area contributed by atoms with E-state index in [-0.39, 0.29) is 0 Å².